The zero-order chi connectivity index (χ0) is 18.8. The van der Waals surface area contributed by atoms with Gasteiger partial charge in [0.15, 0.2) is 5.16 Å². The van der Waals surface area contributed by atoms with Crippen molar-refractivity contribution in [2.24, 2.45) is 0 Å². The SMILES string of the molecule is C[C@@H](Sc1nnc(N2CCCC2)n1-c1cccc(Cl)c1)C(=O)N1CCCC1. The third-order valence-electron chi connectivity index (χ3n) is 5.12. The molecule has 0 N–H and O–H groups in total. The summed E-state index contributed by atoms with van der Waals surface area (Å²) in [6.45, 7) is 5.64. The lowest BCUT2D eigenvalue weighted by atomic mass is 10.3. The largest absolute Gasteiger partial charge is 0.342 e. The number of hydrogen-bond acceptors (Lipinski definition) is 5. The fourth-order valence-corrected chi connectivity index (χ4v) is 4.84. The summed E-state index contributed by atoms with van der Waals surface area (Å²) in [7, 11) is 0. The van der Waals surface area contributed by atoms with Crippen LogP contribution in [0.1, 0.15) is 32.6 Å². The lowest BCUT2D eigenvalue weighted by Crippen LogP contribution is -2.34. The quantitative estimate of drug-likeness (QED) is 0.711. The number of likely N-dealkylation sites (tertiary alicyclic amines) is 1. The van der Waals surface area contributed by atoms with Crippen molar-refractivity contribution in [1.29, 1.82) is 0 Å². The molecule has 2 aliphatic rings. The number of aromatic nitrogens is 3. The van der Waals surface area contributed by atoms with Crippen LogP contribution in [0.2, 0.25) is 5.02 Å². The molecule has 0 bridgehead atoms. The van der Waals surface area contributed by atoms with E-state index in [1.54, 1.807) is 0 Å². The van der Waals surface area contributed by atoms with Crippen LogP contribution >= 0.6 is 23.4 Å². The molecule has 0 saturated carbocycles. The molecule has 0 unspecified atom stereocenters. The van der Waals surface area contributed by atoms with Crippen LogP contribution in [-0.2, 0) is 4.79 Å². The van der Waals surface area contributed by atoms with Gasteiger partial charge in [-0.3, -0.25) is 9.36 Å². The van der Waals surface area contributed by atoms with Crippen LogP contribution < -0.4 is 4.90 Å². The van der Waals surface area contributed by atoms with Gasteiger partial charge in [-0.2, -0.15) is 0 Å². The number of thioether (sulfide) groups is 1. The molecule has 2 aromatic rings. The molecule has 1 aromatic heterocycles. The number of rotatable bonds is 5. The Labute approximate surface area is 168 Å². The molecule has 3 heterocycles. The number of amides is 1. The first-order valence-electron chi connectivity index (χ1n) is 9.55. The summed E-state index contributed by atoms with van der Waals surface area (Å²) in [5, 5.41) is 10.1. The predicted molar refractivity (Wildman–Crippen MR) is 109 cm³/mol. The van der Waals surface area contributed by atoms with Crippen molar-refractivity contribution in [3.05, 3.63) is 29.3 Å². The molecule has 8 heteroatoms. The van der Waals surface area contributed by atoms with E-state index in [2.05, 4.69) is 15.1 Å². The summed E-state index contributed by atoms with van der Waals surface area (Å²) in [6.07, 6.45) is 4.52. The highest BCUT2D eigenvalue weighted by Gasteiger charge is 2.28. The number of carbonyl (C=O) groups excluding carboxylic acids is 1. The number of hydrogen-bond donors (Lipinski definition) is 0. The third-order valence-corrected chi connectivity index (χ3v) is 6.38. The first kappa shape index (κ1) is 18.6. The summed E-state index contributed by atoms with van der Waals surface area (Å²) >= 11 is 7.71. The van der Waals surface area contributed by atoms with Crippen molar-refractivity contribution in [3.8, 4) is 5.69 Å². The molecule has 0 radical (unpaired) electrons. The van der Waals surface area contributed by atoms with E-state index in [0.717, 1.165) is 68.7 Å². The Morgan fingerprint density at radius 1 is 1.11 bits per heavy atom. The molecule has 2 fully saturated rings. The van der Waals surface area contributed by atoms with Crippen molar-refractivity contribution in [3.63, 3.8) is 0 Å². The number of nitrogens with zero attached hydrogens (tertiary/aromatic N) is 5. The molecule has 1 atom stereocenters. The van der Waals surface area contributed by atoms with Crippen molar-refractivity contribution >= 4 is 35.2 Å². The van der Waals surface area contributed by atoms with Crippen LogP contribution in [0.15, 0.2) is 29.4 Å². The Morgan fingerprint density at radius 3 is 2.52 bits per heavy atom. The van der Waals surface area contributed by atoms with E-state index in [9.17, 15) is 4.79 Å². The van der Waals surface area contributed by atoms with Crippen molar-refractivity contribution in [2.75, 3.05) is 31.1 Å². The second-order valence-electron chi connectivity index (χ2n) is 7.08. The first-order valence-corrected chi connectivity index (χ1v) is 10.8. The molecule has 144 valence electrons. The van der Waals surface area contributed by atoms with Gasteiger partial charge in [-0.15, -0.1) is 10.2 Å². The van der Waals surface area contributed by atoms with E-state index < -0.39 is 0 Å². The molecule has 1 amide bonds. The van der Waals surface area contributed by atoms with E-state index in [-0.39, 0.29) is 11.2 Å². The normalized spacial score (nSPS) is 18.3. The van der Waals surface area contributed by atoms with Crippen molar-refractivity contribution in [1.82, 2.24) is 19.7 Å². The van der Waals surface area contributed by atoms with Gasteiger partial charge in [-0.1, -0.05) is 29.4 Å². The fourth-order valence-electron chi connectivity index (χ4n) is 3.70. The molecule has 0 spiro atoms. The average molecular weight is 406 g/mol. The van der Waals surface area contributed by atoms with Gasteiger partial charge in [0.2, 0.25) is 11.9 Å². The first-order chi connectivity index (χ1) is 13.1. The molecule has 2 aliphatic heterocycles. The topological polar surface area (TPSA) is 54.3 Å². The maximum Gasteiger partial charge on any atom is 0.235 e. The molecule has 27 heavy (non-hydrogen) atoms. The molecule has 6 nitrogen and oxygen atoms in total. The zero-order valence-electron chi connectivity index (χ0n) is 15.5. The highest BCUT2D eigenvalue weighted by Crippen LogP contribution is 2.32. The van der Waals surface area contributed by atoms with Crippen molar-refractivity contribution < 1.29 is 4.79 Å². The highest BCUT2D eigenvalue weighted by atomic mass is 35.5. The number of benzene rings is 1. The summed E-state index contributed by atoms with van der Waals surface area (Å²) in [5.41, 5.74) is 0.928. The summed E-state index contributed by atoms with van der Waals surface area (Å²) in [4.78, 5) is 16.9. The second-order valence-corrected chi connectivity index (χ2v) is 8.83. The van der Waals surface area contributed by atoms with Crippen molar-refractivity contribution in [2.45, 2.75) is 43.0 Å². The Kier molecular flexibility index (Phi) is 5.59. The van der Waals surface area contributed by atoms with Crippen LogP contribution in [0, 0.1) is 0 Å². The number of anilines is 1. The monoisotopic (exact) mass is 405 g/mol. The van der Waals surface area contributed by atoms with Crippen LogP contribution in [0.25, 0.3) is 5.69 Å². The molecule has 0 aliphatic carbocycles. The van der Waals surface area contributed by atoms with Gasteiger partial charge in [0, 0.05) is 31.2 Å². The van der Waals surface area contributed by atoms with Crippen LogP contribution in [0.5, 0.6) is 0 Å². The number of halogens is 1. The summed E-state index contributed by atoms with van der Waals surface area (Å²) < 4.78 is 2.04. The molecule has 1 aromatic carbocycles. The standard InChI is InChI=1S/C19H24ClN5OS/c1-14(17(26)23-9-2-3-10-23)27-19-22-21-18(24-11-4-5-12-24)25(19)16-8-6-7-15(20)13-16/h6-8,13-14H,2-5,9-12H2,1H3/t14-/m1/s1. The van der Waals surface area contributed by atoms with E-state index in [1.165, 1.54) is 11.8 Å². The molecule has 2 saturated heterocycles. The fraction of sp³-hybridized carbons (Fsp3) is 0.526. The van der Waals surface area contributed by atoms with Gasteiger partial charge in [-0.25, -0.2) is 0 Å². The van der Waals surface area contributed by atoms with Gasteiger partial charge in [0.25, 0.3) is 0 Å². The minimum Gasteiger partial charge on any atom is -0.342 e. The summed E-state index contributed by atoms with van der Waals surface area (Å²) in [6, 6.07) is 7.71. The Morgan fingerprint density at radius 2 is 1.81 bits per heavy atom. The van der Waals surface area contributed by atoms with E-state index in [4.69, 9.17) is 11.6 Å². The van der Waals surface area contributed by atoms with Crippen LogP contribution in [0.4, 0.5) is 5.95 Å². The maximum absolute atomic E-state index is 12.7. The Balaban J connectivity index is 1.64. The van der Waals surface area contributed by atoms with Gasteiger partial charge in [-0.05, 0) is 50.8 Å². The minimum atomic E-state index is -0.198. The Bertz CT molecular complexity index is 814. The zero-order valence-corrected chi connectivity index (χ0v) is 17.0. The lowest BCUT2D eigenvalue weighted by molar-refractivity contribution is -0.129. The highest BCUT2D eigenvalue weighted by molar-refractivity contribution is 8.00. The molecular weight excluding hydrogens is 382 g/mol. The third kappa shape index (κ3) is 3.94. The lowest BCUT2D eigenvalue weighted by Gasteiger charge is -2.21. The van der Waals surface area contributed by atoms with Gasteiger partial charge in [0.1, 0.15) is 0 Å². The Hall–Kier alpha value is -1.73. The molecular formula is C19H24ClN5OS. The minimum absolute atomic E-state index is 0.181. The van der Waals surface area contributed by atoms with E-state index in [1.807, 2.05) is 40.7 Å². The van der Waals surface area contributed by atoms with Crippen LogP contribution in [-0.4, -0.2) is 57.0 Å². The van der Waals surface area contributed by atoms with E-state index >= 15 is 0 Å². The van der Waals surface area contributed by atoms with Gasteiger partial charge >= 0.3 is 0 Å². The predicted octanol–water partition coefficient (Wildman–Crippen LogP) is 3.62. The maximum atomic E-state index is 12.7. The second kappa shape index (κ2) is 8.10. The smallest absolute Gasteiger partial charge is 0.235 e. The van der Waals surface area contributed by atoms with E-state index in [0.29, 0.717) is 5.02 Å². The summed E-state index contributed by atoms with van der Waals surface area (Å²) in [5.74, 6) is 1.01. The average Bonchev–Trinajstić information content (AvgIpc) is 3.41. The van der Waals surface area contributed by atoms with Gasteiger partial charge < -0.3 is 9.80 Å². The number of carbonyl (C=O) groups is 1. The molecule has 4 rings (SSSR count). The van der Waals surface area contributed by atoms with Crippen LogP contribution in [0.3, 0.4) is 0 Å². The van der Waals surface area contributed by atoms with Gasteiger partial charge in [0.05, 0.1) is 10.9 Å².